The second-order valence-electron chi connectivity index (χ2n) is 6.20. The maximum Gasteiger partial charge on any atom is 0.338 e. The van der Waals surface area contributed by atoms with Crippen molar-refractivity contribution in [2.75, 3.05) is 13.2 Å². The van der Waals surface area contributed by atoms with E-state index in [2.05, 4.69) is 15.7 Å². The SMILES string of the molecule is CCOC(=O)C1=C(COc2cccc(C#N)c2)NC(=O)N[C@H]1c1cnn(CC)c1. The minimum atomic E-state index is -0.716. The number of amides is 2. The van der Waals surface area contributed by atoms with Gasteiger partial charge in [-0.2, -0.15) is 10.4 Å². The molecule has 29 heavy (non-hydrogen) atoms. The van der Waals surface area contributed by atoms with Gasteiger partial charge in [0.1, 0.15) is 12.4 Å². The van der Waals surface area contributed by atoms with Gasteiger partial charge in [0.05, 0.1) is 41.7 Å². The zero-order valence-corrected chi connectivity index (χ0v) is 16.1. The fourth-order valence-corrected chi connectivity index (χ4v) is 2.94. The van der Waals surface area contributed by atoms with Crippen LogP contribution in [-0.4, -0.2) is 35.0 Å². The van der Waals surface area contributed by atoms with E-state index in [1.54, 1.807) is 48.3 Å². The van der Waals surface area contributed by atoms with Gasteiger partial charge in [-0.05, 0) is 32.0 Å². The van der Waals surface area contributed by atoms with Gasteiger partial charge in [-0.3, -0.25) is 4.68 Å². The van der Waals surface area contributed by atoms with Crippen molar-refractivity contribution >= 4 is 12.0 Å². The van der Waals surface area contributed by atoms with Crippen LogP contribution in [0.1, 0.15) is 31.0 Å². The summed E-state index contributed by atoms with van der Waals surface area (Å²) in [6.07, 6.45) is 3.37. The van der Waals surface area contributed by atoms with Crippen LogP contribution in [0.25, 0.3) is 0 Å². The minimum Gasteiger partial charge on any atom is -0.487 e. The van der Waals surface area contributed by atoms with E-state index in [9.17, 15) is 9.59 Å². The quantitative estimate of drug-likeness (QED) is 0.693. The third-order valence-corrected chi connectivity index (χ3v) is 4.31. The zero-order valence-electron chi connectivity index (χ0n) is 16.1. The molecule has 0 unspecified atom stereocenters. The molecule has 1 atom stereocenters. The van der Waals surface area contributed by atoms with Crippen LogP contribution in [0.3, 0.4) is 0 Å². The minimum absolute atomic E-state index is 0.0745. The van der Waals surface area contributed by atoms with E-state index in [0.29, 0.717) is 29.1 Å². The van der Waals surface area contributed by atoms with Crippen LogP contribution in [0.5, 0.6) is 5.75 Å². The molecule has 2 N–H and O–H groups in total. The van der Waals surface area contributed by atoms with Gasteiger partial charge in [-0.1, -0.05) is 6.07 Å². The molecule has 0 bridgehead atoms. The molecular formula is C20H21N5O4. The fourth-order valence-electron chi connectivity index (χ4n) is 2.94. The molecule has 2 amide bonds. The van der Waals surface area contributed by atoms with Crippen LogP contribution >= 0.6 is 0 Å². The van der Waals surface area contributed by atoms with Crippen LogP contribution in [-0.2, 0) is 16.1 Å². The molecule has 0 spiro atoms. The Morgan fingerprint density at radius 2 is 2.21 bits per heavy atom. The molecule has 1 aliphatic rings. The predicted octanol–water partition coefficient (Wildman–Crippen LogP) is 2.02. The van der Waals surface area contributed by atoms with Gasteiger partial charge in [0.2, 0.25) is 0 Å². The number of nitrogens with zero attached hydrogens (tertiary/aromatic N) is 3. The predicted molar refractivity (Wildman–Crippen MR) is 103 cm³/mol. The molecule has 3 rings (SSSR count). The number of urea groups is 1. The molecular weight excluding hydrogens is 374 g/mol. The maximum atomic E-state index is 12.7. The summed E-state index contributed by atoms with van der Waals surface area (Å²) in [5.74, 6) is -0.110. The van der Waals surface area contributed by atoms with Gasteiger partial charge < -0.3 is 20.1 Å². The average molecular weight is 395 g/mol. The smallest absolute Gasteiger partial charge is 0.338 e. The lowest BCUT2D eigenvalue weighted by Gasteiger charge is -2.28. The summed E-state index contributed by atoms with van der Waals surface area (Å²) < 4.78 is 12.6. The zero-order chi connectivity index (χ0) is 20.8. The van der Waals surface area contributed by atoms with Crippen molar-refractivity contribution in [2.45, 2.75) is 26.4 Å². The largest absolute Gasteiger partial charge is 0.487 e. The summed E-state index contributed by atoms with van der Waals surface area (Å²) in [5, 5.41) is 18.6. The molecule has 150 valence electrons. The van der Waals surface area contributed by atoms with E-state index >= 15 is 0 Å². The number of aromatic nitrogens is 2. The molecule has 0 saturated carbocycles. The summed E-state index contributed by atoms with van der Waals surface area (Å²) in [6, 6.07) is 7.48. The highest BCUT2D eigenvalue weighted by molar-refractivity contribution is 5.95. The molecule has 0 saturated heterocycles. The summed E-state index contributed by atoms with van der Waals surface area (Å²) in [4.78, 5) is 24.9. The van der Waals surface area contributed by atoms with Gasteiger partial charge in [-0.15, -0.1) is 0 Å². The van der Waals surface area contributed by atoms with Crippen LogP contribution < -0.4 is 15.4 Å². The van der Waals surface area contributed by atoms with Crippen molar-refractivity contribution in [1.29, 1.82) is 5.26 Å². The molecule has 1 aromatic heterocycles. The molecule has 1 aliphatic heterocycles. The van der Waals surface area contributed by atoms with Crippen LogP contribution in [0.4, 0.5) is 4.79 Å². The molecule has 2 heterocycles. The first-order chi connectivity index (χ1) is 14.0. The Morgan fingerprint density at radius 3 is 2.90 bits per heavy atom. The van der Waals surface area contributed by atoms with Gasteiger partial charge in [0.15, 0.2) is 0 Å². The Hall–Kier alpha value is -3.80. The topological polar surface area (TPSA) is 118 Å². The van der Waals surface area contributed by atoms with Crippen molar-refractivity contribution in [3.05, 3.63) is 59.1 Å². The Kier molecular flexibility index (Phi) is 6.14. The third kappa shape index (κ3) is 4.55. The second-order valence-corrected chi connectivity index (χ2v) is 6.20. The normalized spacial score (nSPS) is 15.9. The van der Waals surface area contributed by atoms with E-state index < -0.39 is 18.0 Å². The van der Waals surface area contributed by atoms with Crippen molar-refractivity contribution < 1.29 is 19.1 Å². The van der Waals surface area contributed by atoms with Crippen LogP contribution in [0.2, 0.25) is 0 Å². The monoisotopic (exact) mass is 395 g/mol. The molecule has 9 heteroatoms. The Bertz CT molecular complexity index is 989. The number of nitrogens with one attached hydrogen (secondary N) is 2. The fraction of sp³-hybridized carbons (Fsp3) is 0.300. The maximum absolute atomic E-state index is 12.7. The van der Waals surface area contributed by atoms with Gasteiger partial charge >= 0.3 is 12.0 Å². The van der Waals surface area contributed by atoms with E-state index in [-0.39, 0.29) is 18.8 Å². The second kappa shape index (κ2) is 8.93. The number of carbonyl (C=O) groups excluding carboxylic acids is 2. The summed E-state index contributed by atoms with van der Waals surface area (Å²) in [6.45, 7) is 4.42. The molecule has 1 aromatic carbocycles. The molecule has 9 nitrogen and oxygen atoms in total. The summed E-state index contributed by atoms with van der Waals surface area (Å²) >= 11 is 0. The van der Waals surface area contributed by atoms with E-state index in [1.165, 1.54) is 0 Å². The van der Waals surface area contributed by atoms with Crippen LogP contribution in [0, 0.1) is 11.3 Å². The standard InChI is InChI=1S/C20H21N5O4/c1-3-25-11-14(10-22-25)18-17(19(26)28-4-2)16(23-20(27)24-18)12-29-15-7-5-6-13(8-15)9-21/h5-8,10-11,18H,3-4,12H2,1-2H3,(H2,23,24,27)/t18-/m0/s1. The molecule has 2 aromatic rings. The first kappa shape index (κ1) is 19.9. The highest BCUT2D eigenvalue weighted by Gasteiger charge is 2.34. The molecule has 0 fully saturated rings. The number of ether oxygens (including phenoxy) is 2. The molecule has 0 aliphatic carbocycles. The number of rotatable bonds is 7. The lowest BCUT2D eigenvalue weighted by Crippen LogP contribution is -2.47. The van der Waals surface area contributed by atoms with Crippen molar-refractivity contribution in [1.82, 2.24) is 20.4 Å². The van der Waals surface area contributed by atoms with Crippen molar-refractivity contribution in [3.8, 4) is 11.8 Å². The lowest BCUT2D eigenvalue weighted by molar-refractivity contribution is -0.139. The Labute approximate surface area is 167 Å². The Morgan fingerprint density at radius 1 is 1.38 bits per heavy atom. The number of nitriles is 1. The number of hydrogen-bond acceptors (Lipinski definition) is 6. The first-order valence-electron chi connectivity index (χ1n) is 9.18. The lowest BCUT2D eigenvalue weighted by atomic mass is 9.98. The third-order valence-electron chi connectivity index (χ3n) is 4.31. The van der Waals surface area contributed by atoms with E-state index in [1.807, 2.05) is 13.0 Å². The van der Waals surface area contributed by atoms with Crippen molar-refractivity contribution in [2.24, 2.45) is 0 Å². The summed E-state index contributed by atoms with van der Waals surface area (Å²) in [7, 11) is 0. The Balaban J connectivity index is 1.95. The van der Waals surface area contributed by atoms with Gasteiger partial charge in [0.25, 0.3) is 0 Å². The summed E-state index contributed by atoms with van der Waals surface area (Å²) in [5.41, 5.74) is 1.65. The number of aryl methyl sites for hydroxylation is 1. The van der Waals surface area contributed by atoms with E-state index in [4.69, 9.17) is 14.7 Å². The van der Waals surface area contributed by atoms with Crippen LogP contribution in [0.15, 0.2) is 47.9 Å². The number of benzene rings is 1. The van der Waals surface area contributed by atoms with Gasteiger partial charge in [0, 0.05) is 18.3 Å². The number of carbonyl (C=O) groups is 2. The average Bonchev–Trinajstić information content (AvgIpc) is 3.21. The highest BCUT2D eigenvalue weighted by atomic mass is 16.5. The number of esters is 1. The van der Waals surface area contributed by atoms with E-state index in [0.717, 1.165) is 0 Å². The highest BCUT2D eigenvalue weighted by Crippen LogP contribution is 2.28. The van der Waals surface area contributed by atoms with Crippen molar-refractivity contribution in [3.63, 3.8) is 0 Å². The molecule has 0 radical (unpaired) electrons. The first-order valence-corrected chi connectivity index (χ1v) is 9.18. The number of hydrogen-bond donors (Lipinski definition) is 2. The van der Waals surface area contributed by atoms with Gasteiger partial charge in [-0.25, -0.2) is 9.59 Å².